The fourth-order valence-electron chi connectivity index (χ4n) is 7.02. The highest BCUT2D eigenvalue weighted by molar-refractivity contribution is 5.98. The van der Waals surface area contributed by atoms with Crippen LogP contribution < -0.4 is 27.0 Å². The van der Waals surface area contributed by atoms with E-state index in [2.05, 4.69) is 26.3 Å². The van der Waals surface area contributed by atoms with Crippen LogP contribution in [-0.2, 0) is 52.7 Å². The lowest BCUT2D eigenvalue weighted by Crippen LogP contribution is -2.62. The molecule has 284 valence electrons. The zero-order valence-corrected chi connectivity index (χ0v) is 30.0. The van der Waals surface area contributed by atoms with Crippen molar-refractivity contribution in [2.75, 3.05) is 39.5 Å². The lowest BCUT2D eigenvalue weighted by Gasteiger charge is -2.32. The first-order chi connectivity index (χ1) is 26.3. The molecular weight excluding hydrogens is 690 g/mol. The maximum absolute atomic E-state index is 14.6. The minimum atomic E-state index is -1.08. The normalized spacial score (nSPS) is 22.1. The van der Waals surface area contributed by atoms with Crippen LogP contribution in [0.15, 0.2) is 91.1 Å². The molecule has 1 aromatic heterocycles. The maximum atomic E-state index is 14.6. The van der Waals surface area contributed by atoms with Gasteiger partial charge in [0.15, 0.2) is 0 Å². The standard InChI is InChI=1S/C40H47N7O7/c41-15-16-53-17-18-54-25-36(48)43-29-22-35-39(51)45-32(19-26-9-3-1-4-10-26)37(49)44-33(21-28-23-42-31-14-8-7-13-30(28)31)38(50)46-34(40(52)47(35)24-29)20-27-11-5-2-6-12-27/h1-14,23,29,32-35,42H,15-22,24-25,41H2,(H,43,48)(H,44,49)(H,45,51)(H,46,50)/t29-,32+,33-,34+,35-/m1/s1. The van der Waals surface area contributed by atoms with Gasteiger partial charge < -0.3 is 46.4 Å². The Morgan fingerprint density at radius 1 is 0.722 bits per heavy atom. The van der Waals surface area contributed by atoms with E-state index in [0.717, 1.165) is 27.6 Å². The number of para-hydroxylation sites is 1. The third kappa shape index (κ3) is 9.89. The fraction of sp³-hybridized carbons (Fsp3) is 0.375. The van der Waals surface area contributed by atoms with Crippen LogP contribution in [0.2, 0.25) is 0 Å². The summed E-state index contributed by atoms with van der Waals surface area (Å²) in [5.41, 5.74) is 8.70. The minimum absolute atomic E-state index is 0.0117. The van der Waals surface area contributed by atoms with E-state index in [9.17, 15) is 24.0 Å². The number of ether oxygens (including phenoxy) is 2. The third-order valence-corrected chi connectivity index (χ3v) is 9.66. The van der Waals surface area contributed by atoms with Gasteiger partial charge in [0.25, 0.3) is 0 Å². The number of rotatable bonds is 14. The summed E-state index contributed by atoms with van der Waals surface area (Å²) >= 11 is 0. The number of aromatic amines is 1. The van der Waals surface area contributed by atoms with Crippen LogP contribution in [-0.4, -0.2) is 109 Å². The van der Waals surface area contributed by atoms with Crippen LogP contribution in [0.1, 0.15) is 23.1 Å². The molecule has 2 aliphatic heterocycles. The molecule has 5 atom stereocenters. The molecule has 3 heterocycles. The van der Waals surface area contributed by atoms with Crippen LogP contribution >= 0.6 is 0 Å². The fourth-order valence-corrected chi connectivity index (χ4v) is 7.02. The Morgan fingerprint density at radius 3 is 2.02 bits per heavy atom. The summed E-state index contributed by atoms with van der Waals surface area (Å²) in [6, 6.07) is 21.3. The minimum Gasteiger partial charge on any atom is -0.378 e. The maximum Gasteiger partial charge on any atom is 0.246 e. The zero-order valence-electron chi connectivity index (χ0n) is 30.0. The quantitative estimate of drug-likeness (QED) is 0.102. The molecule has 0 saturated carbocycles. The molecule has 2 aliphatic rings. The van der Waals surface area contributed by atoms with Gasteiger partial charge in [-0.1, -0.05) is 78.9 Å². The average molecular weight is 738 g/mol. The van der Waals surface area contributed by atoms with E-state index >= 15 is 0 Å². The van der Waals surface area contributed by atoms with Crippen molar-refractivity contribution in [3.8, 4) is 0 Å². The first-order valence-electron chi connectivity index (χ1n) is 18.3. The summed E-state index contributed by atoms with van der Waals surface area (Å²) in [6.07, 6.45) is 2.31. The molecule has 4 aromatic rings. The molecule has 0 aliphatic carbocycles. The highest BCUT2D eigenvalue weighted by Crippen LogP contribution is 2.23. The second kappa shape index (κ2) is 18.5. The largest absolute Gasteiger partial charge is 0.378 e. The van der Waals surface area contributed by atoms with Crippen molar-refractivity contribution >= 4 is 40.4 Å². The Hall–Kier alpha value is -5.57. The molecule has 14 heteroatoms. The van der Waals surface area contributed by atoms with Gasteiger partial charge in [-0.15, -0.1) is 0 Å². The number of aromatic nitrogens is 1. The van der Waals surface area contributed by atoms with E-state index in [1.54, 1.807) is 6.20 Å². The summed E-state index contributed by atoms with van der Waals surface area (Å²) in [4.78, 5) is 74.8. The number of carbonyl (C=O) groups excluding carboxylic acids is 5. The number of fused-ring (bicyclic) bond motifs is 2. The Balaban J connectivity index is 1.29. The number of H-pyrrole nitrogens is 1. The summed E-state index contributed by atoms with van der Waals surface area (Å²) in [5.74, 6) is -2.51. The monoisotopic (exact) mass is 737 g/mol. The highest BCUT2D eigenvalue weighted by atomic mass is 16.5. The topological polar surface area (TPSA) is 197 Å². The van der Waals surface area contributed by atoms with Crippen molar-refractivity contribution in [3.63, 3.8) is 0 Å². The number of carbonyl (C=O) groups is 5. The van der Waals surface area contributed by atoms with Crippen molar-refractivity contribution < 1.29 is 33.4 Å². The van der Waals surface area contributed by atoms with Crippen molar-refractivity contribution in [2.45, 2.75) is 55.9 Å². The molecule has 0 radical (unpaired) electrons. The lowest BCUT2D eigenvalue weighted by molar-refractivity contribution is -0.143. The summed E-state index contributed by atoms with van der Waals surface area (Å²) in [7, 11) is 0. The average Bonchev–Trinajstić information content (AvgIpc) is 3.79. The number of nitrogens with one attached hydrogen (secondary N) is 5. The van der Waals surface area contributed by atoms with E-state index in [4.69, 9.17) is 15.2 Å². The van der Waals surface area contributed by atoms with Gasteiger partial charge in [0.05, 0.1) is 19.8 Å². The highest BCUT2D eigenvalue weighted by Gasteiger charge is 2.44. The van der Waals surface area contributed by atoms with Crippen LogP contribution in [0.4, 0.5) is 0 Å². The van der Waals surface area contributed by atoms with Gasteiger partial charge in [0, 0.05) is 55.5 Å². The van der Waals surface area contributed by atoms with Crippen molar-refractivity contribution in [1.29, 1.82) is 0 Å². The number of nitrogens with zero attached hydrogens (tertiary/aromatic N) is 1. The number of benzene rings is 3. The lowest BCUT2D eigenvalue weighted by atomic mass is 9.99. The van der Waals surface area contributed by atoms with Gasteiger partial charge in [-0.3, -0.25) is 24.0 Å². The van der Waals surface area contributed by atoms with Gasteiger partial charge >= 0.3 is 0 Å². The number of nitrogens with two attached hydrogens (primary N) is 1. The van der Waals surface area contributed by atoms with E-state index in [-0.39, 0.29) is 52.0 Å². The third-order valence-electron chi connectivity index (χ3n) is 9.66. The van der Waals surface area contributed by atoms with Gasteiger partial charge in [-0.25, -0.2) is 0 Å². The van der Waals surface area contributed by atoms with Crippen LogP contribution in [0, 0.1) is 0 Å². The van der Waals surface area contributed by atoms with E-state index in [0.29, 0.717) is 13.2 Å². The molecular formula is C40H47N7O7. The van der Waals surface area contributed by atoms with Gasteiger partial charge in [-0.05, 0) is 29.2 Å². The van der Waals surface area contributed by atoms with Crippen LogP contribution in [0.5, 0.6) is 0 Å². The number of hydrogen-bond donors (Lipinski definition) is 6. The Bertz CT molecular complexity index is 1900. The van der Waals surface area contributed by atoms with Crippen molar-refractivity contribution in [2.24, 2.45) is 5.73 Å². The number of hydrogen-bond acceptors (Lipinski definition) is 8. The van der Waals surface area contributed by atoms with Gasteiger partial charge in [0.2, 0.25) is 29.5 Å². The molecule has 3 aromatic carbocycles. The van der Waals surface area contributed by atoms with Crippen molar-refractivity contribution in [1.82, 2.24) is 31.2 Å². The second-order valence-electron chi connectivity index (χ2n) is 13.6. The molecule has 0 spiro atoms. The Morgan fingerprint density at radius 2 is 1.31 bits per heavy atom. The molecule has 5 amide bonds. The second-order valence-corrected chi connectivity index (χ2v) is 13.6. The number of amides is 5. The SMILES string of the molecule is NCCOCCOCC(=O)N[C@@H]1C[C@@H]2C(=O)N[C@@H](Cc3ccccc3)C(=O)N[C@H](Cc3c[nH]c4ccccc34)C(=O)N[C@@H](Cc3ccccc3)C(=O)N2C1. The smallest absolute Gasteiger partial charge is 0.246 e. The molecule has 2 fully saturated rings. The molecule has 6 rings (SSSR count). The predicted octanol–water partition coefficient (Wildman–Crippen LogP) is 0.741. The molecule has 14 nitrogen and oxygen atoms in total. The van der Waals surface area contributed by atoms with Crippen LogP contribution in [0.3, 0.4) is 0 Å². The van der Waals surface area contributed by atoms with E-state index < -0.39 is 59.7 Å². The molecule has 0 bridgehead atoms. The van der Waals surface area contributed by atoms with Crippen molar-refractivity contribution in [3.05, 3.63) is 108 Å². The van der Waals surface area contributed by atoms with Crippen LogP contribution in [0.25, 0.3) is 10.9 Å². The van der Waals surface area contributed by atoms with Gasteiger partial charge in [0.1, 0.15) is 30.8 Å². The van der Waals surface area contributed by atoms with E-state index in [1.807, 2.05) is 84.9 Å². The molecule has 7 N–H and O–H groups in total. The first-order valence-corrected chi connectivity index (χ1v) is 18.3. The first kappa shape index (κ1) is 38.2. The summed E-state index contributed by atoms with van der Waals surface area (Å²) in [5, 5.41) is 12.6. The predicted molar refractivity (Wildman–Crippen MR) is 201 cm³/mol. The Kier molecular flexibility index (Phi) is 13.0. The van der Waals surface area contributed by atoms with Gasteiger partial charge in [-0.2, -0.15) is 0 Å². The Labute approximate surface area is 313 Å². The molecule has 54 heavy (non-hydrogen) atoms. The zero-order chi connectivity index (χ0) is 37.9. The molecule has 2 saturated heterocycles. The molecule has 0 unspecified atom stereocenters. The van der Waals surface area contributed by atoms with E-state index in [1.165, 1.54) is 4.90 Å². The summed E-state index contributed by atoms with van der Waals surface area (Å²) in [6.45, 7) is 1.02. The summed E-state index contributed by atoms with van der Waals surface area (Å²) < 4.78 is 10.7.